The lowest BCUT2D eigenvalue weighted by atomic mass is 9.95. The second-order valence-electron chi connectivity index (χ2n) is 6.60. The number of hydrogen-bond acceptors (Lipinski definition) is 5. The summed E-state index contributed by atoms with van der Waals surface area (Å²) in [7, 11) is -2.31. The van der Waals surface area contributed by atoms with Crippen molar-refractivity contribution in [3.8, 4) is 0 Å². The van der Waals surface area contributed by atoms with Crippen molar-refractivity contribution >= 4 is 73.3 Å². The summed E-state index contributed by atoms with van der Waals surface area (Å²) in [6, 6.07) is 9.42. The standard InChI is InChI=1S/C19H14BBrClNO5S/c1-9(24)14-17(25)15-13(22)8-7-12(21)16(15)23(19(14)29(2,27)28)18(26)10-3-5-11(20)6-4-10/h3-8H,20H2,1-2H3. The van der Waals surface area contributed by atoms with Gasteiger partial charge in [0.2, 0.25) is 5.43 Å². The van der Waals surface area contributed by atoms with Crippen molar-refractivity contribution in [3.63, 3.8) is 0 Å². The van der Waals surface area contributed by atoms with Gasteiger partial charge in [-0.05, 0) is 47.1 Å². The van der Waals surface area contributed by atoms with Gasteiger partial charge in [0, 0.05) is 16.3 Å². The van der Waals surface area contributed by atoms with Gasteiger partial charge in [0.15, 0.2) is 20.6 Å². The Hall–Kier alpha value is -2.23. The molecule has 0 saturated carbocycles. The molecule has 0 spiro atoms. The number of nitrogens with zero attached hydrogens (tertiary/aromatic N) is 1. The van der Waals surface area contributed by atoms with Crippen LogP contribution in [-0.4, -0.2) is 38.8 Å². The number of carbonyl (C=O) groups is 2. The zero-order valence-corrected chi connectivity index (χ0v) is 18.8. The Labute approximate surface area is 180 Å². The highest BCUT2D eigenvalue weighted by molar-refractivity contribution is 9.10. The van der Waals surface area contributed by atoms with Crippen LogP contribution in [0.4, 0.5) is 0 Å². The third-order valence-corrected chi connectivity index (χ3v) is 6.42. The molecule has 148 valence electrons. The maximum absolute atomic E-state index is 13.4. The minimum absolute atomic E-state index is 0.00112. The number of carbonyl (C=O) groups excluding carboxylic acids is 2. The molecule has 1 heterocycles. The van der Waals surface area contributed by atoms with E-state index >= 15 is 0 Å². The lowest BCUT2D eigenvalue weighted by Gasteiger charge is -2.19. The Bertz CT molecular complexity index is 1360. The number of pyridine rings is 1. The van der Waals surface area contributed by atoms with Gasteiger partial charge in [-0.1, -0.05) is 29.2 Å². The fourth-order valence-electron chi connectivity index (χ4n) is 3.09. The van der Waals surface area contributed by atoms with E-state index in [4.69, 9.17) is 11.6 Å². The molecular weight excluding hydrogens is 480 g/mol. The first-order valence-corrected chi connectivity index (χ1v) is 11.4. The Morgan fingerprint density at radius 3 is 2.21 bits per heavy atom. The Morgan fingerprint density at radius 1 is 1.10 bits per heavy atom. The topological polar surface area (TPSA) is 90.3 Å². The van der Waals surface area contributed by atoms with Crippen LogP contribution in [0.3, 0.4) is 0 Å². The highest BCUT2D eigenvalue weighted by Gasteiger charge is 2.31. The van der Waals surface area contributed by atoms with Crippen molar-refractivity contribution in [2.75, 3.05) is 6.26 Å². The first-order valence-electron chi connectivity index (χ1n) is 8.34. The number of Topliss-reactive ketones (excluding diaryl/α,β-unsaturated/α-hetero) is 1. The quantitative estimate of drug-likeness (QED) is 0.410. The van der Waals surface area contributed by atoms with E-state index in [0.29, 0.717) is 0 Å². The van der Waals surface area contributed by atoms with Gasteiger partial charge in [0.25, 0.3) is 5.91 Å². The normalized spacial score (nSPS) is 11.6. The maximum atomic E-state index is 13.4. The molecule has 2 aromatic carbocycles. The molecular formula is C19H14BBrClNO5S. The van der Waals surface area contributed by atoms with Crippen molar-refractivity contribution < 1.29 is 18.0 Å². The van der Waals surface area contributed by atoms with Crippen LogP contribution in [0.2, 0.25) is 5.02 Å². The molecule has 0 unspecified atom stereocenters. The van der Waals surface area contributed by atoms with Gasteiger partial charge < -0.3 is 0 Å². The predicted molar refractivity (Wildman–Crippen MR) is 118 cm³/mol. The van der Waals surface area contributed by atoms with Crippen LogP contribution in [0.25, 0.3) is 10.9 Å². The van der Waals surface area contributed by atoms with E-state index in [-0.39, 0.29) is 26.0 Å². The van der Waals surface area contributed by atoms with Crippen LogP contribution in [-0.2, 0) is 9.84 Å². The van der Waals surface area contributed by atoms with Gasteiger partial charge in [-0.15, -0.1) is 0 Å². The zero-order chi connectivity index (χ0) is 21.7. The number of halogens is 2. The van der Waals surface area contributed by atoms with Crippen LogP contribution in [0.15, 0.2) is 50.7 Å². The third kappa shape index (κ3) is 3.70. The zero-order valence-electron chi connectivity index (χ0n) is 15.6. The summed E-state index contributed by atoms with van der Waals surface area (Å²) >= 11 is 9.50. The van der Waals surface area contributed by atoms with Crippen molar-refractivity contribution in [2.24, 2.45) is 0 Å². The van der Waals surface area contributed by atoms with Gasteiger partial charge in [-0.25, -0.2) is 8.42 Å². The number of aromatic nitrogens is 1. The number of fused-ring (bicyclic) bond motifs is 1. The molecule has 0 aliphatic heterocycles. The molecule has 6 nitrogen and oxygen atoms in total. The van der Waals surface area contributed by atoms with Crippen molar-refractivity contribution in [1.82, 2.24) is 4.57 Å². The van der Waals surface area contributed by atoms with Crippen LogP contribution >= 0.6 is 27.5 Å². The second-order valence-corrected chi connectivity index (χ2v) is 9.79. The van der Waals surface area contributed by atoms with Crippen LogP contribution < -0.4 is 10.9 Å². The fourth-order valence-corrected chi connectivity index (χ4v) is 4.95. The number of rotatable bonds is 3. The van der Waals surface area contributed by atoms with Gasteiger partial charge in [0.05, 0.1) is 15.9 Å². The molecule has 0 atom stereocenters. The van der Waals surface area contributed by atoms with E-state index < -0.39 is 37.5 Å². The highest BCUT2D eigenvalue weighted by atomic mass is 79.9. The average Bonchev–Trinajstić information content (AvgIpc) is 2.63. The fraction of sp³-hybridized carbons (Fsp3) is 0.105. The van der Waals surface area contributed by atoms with E-state index in [2.05, 4.69) is 15.9 Å². The molecule has 3 rings (SSSR count). The second kappa shape index (κ2) is 7.55. The number of ketones is 1. The van der Waals surface area contributed by atoms with Gasteiger partial charge in [-0.2, -0.15) is 0 Å². The maximum Gasteiger partial charge on any atom is 0.263 e. The minimum atomic E-state index is -4.16. The molecule has 1 aromatic heterocycles. The first kappa shape index (κ1) is 21.5. The van der Waals surface area contributed by atoms with Crippen molar-refractivity contribution in [1.29, 1.82) is 0 Å². The largest absolute Gasteiger partial charge is 0.294 e. The molecule has 0 aliphatic carbocycles. The highest BCUT2D eigenvalue weighted by Crippen LogP contribution is 2.32. The Kier molecular flexibility index (Phi) is 5.59. The summed E-state index contributed by atoms with van der Waals surface area (Å²) < 4.78 is 26.5. The SMILES string of the molecule is Bc1ccc(C(=O)n2c(S(C)(=O)=O)c(C(C)=O)c(=O)c3c(Cl)ccc(Br)c32)cc1. The van der Waals surface area contributed by atoms with Crippen LogP contribution in [0, 0.1) is 0 Å². The smallest absolute Gasteiger partial charge is 0.263 e. The Morgan fingerprint density at radius 2 is 1.69 bits per heavy atom. The summed E-state index contributed by atoms with van der Waals surface area (Å²) in [6.07, 6.45) is 0.845. The lowest BCUT2D eigenvalue weighted by Crippen LogP contribution is -2.29. The van der Waals surface area contributed by atoms with Crippen LogP contribution in [0.1, 0.15) is 27.6 Å². The van der Waals surface area contributed by atoms with Gasteiger partial charge in [-0.3, -0.25) is 19.0 Å². The summed E-state index contributed by atoms with van der Waals surface area (Å²) in [4.78, 5) is 38.7. The van der Waals surface area contributed by atoms with E-state index in [1.807, 2.05) is 7.85 Å². The summed E-state index contributed by atoms with van der Waals surface area (Å²) in [5, 5.41) is -0.767. The third-order valence-electron chi connectivity index (χ3n) is 4.38. The first-order chi connectivity index (χ1) is 13.4. The molecule has 0 saturated heterocycles. The van der Waals surface area contributed by atoms with E-state index in [1.165, 1.54) is 12.1 Å². The molecule has 29 heavy (non-hydrogen) atoms. The van der Waals surface area contributed by atoms with E-state index in [0.717, 1.165) is 23.2 Å². The van der Waals surface area contributed by atoms with Crippen molar-refractivity contribution in [2.45, 2.75) is 11.9 Å². The van der Waals surface area contributed by atoms with Gasteiger partial charge in [0.1, 0.15) is 13.4 Å². The lowest BCUT2D eigenvalue weighted by molar-refractivity contribution is 0.0952. The number of sulfone groups is 1. The van der Waals surface area contributed by atoms with E-state index in [1.54, 1.807) is 24.3 Å². The Balaban J connectivity index is 2.66. The summed E-state index contributed by atoms with van der Waals surface area (Å²) in [5.74, 6) is -1.49. The molecule has 0 aliphatic rings. The minimum Gasteiger partial charge on any atom is -0.294 e. The molecule has 0 amide bonds. The van der Waals surface area contributed by atoms with Crippen LogP contribution in [0.5, 0.6) is 0 Å². The number of benzene rings is 2. The number of hydrogen-bond donors (Lipinski definition) is 0. The van der Waals surface area contributed by atoms with Gasteiger partial charge >= 0.3 is 0 Å². The summed E-state index contributed by atoms with van der Waals surface area (Å²) in [5.41, 5.74) is -0.360. The molecule has 10 heteroatoms. The molecule has 3 aromatic rings. The molecule has 0 radical (unpaired) electrons. The van der Waals surface area contributed by atoms with E-state index in [9.17, 15) is 22.8 Å². The molecule has 0 N–H and O–H groups in total. The van der Waals surface area contributed by atoms with Crippen molar-refractivity contribution in [3.05, 3.63) is 67.2 Å². The summed E-state index contributed by atoms with van der Waals surface area (Å²) in [6.45, 7) is 1.07. The average molecular weight is 495 g/mol. The molecule has 0 fully saturated rings. The predicted octanol–water partition coefficient (Wildman–Crippen LogP) is 1.97. The molecule has 0 bridgehead atoms. The monoisotopic (exact) mass is 493 g/mol.